The maximum absolute atomic E-state index is 6.55. The molecule has 108 valence electrons. The van der Waals surface area contributed by atoms with E-state index in [0.29, 0.717) is 6.04 Å². The number of halogens is 1. The first kappa shape index (κ1) is 13.0. The predicted octanol–water partition coefficient (Wildman–Crippen LogP) is 4.33. The van der Waals surface area contributed by atoms with Crippen molar-refractivity contribution < 1.29 is 4.74 Å². The predicted molar refractivity (Wildman–Crippen MR) is 81.3 cm³/mol. The van der Waals surface area contributed by atoms with E-state index < -0.39 is 0 Å². The summed E-state index contributed by atoms with van der Waals surface area (Å²) in [5.74, 6) is 2.72. The molecule has 2 bridgehead atoms. The number of rotatable bonds is 2. The van der Waals surface area contributed by atoms with Crippen molar-refractivity contribution in [3.8, 4) is 5.75 Å². The second-order valence-electron chi connectivity index (χ2n) is 6.74. The van der Waals surface area contributed by atoms with Gasteiger partial charge in [-0.1, -0.05) is 18.5 Å². The minimum Gasteiger partial charge on any atom is -0.487 e. The molecule has 2 aliphatic carbocycles. The summed E-state index contributed by atoms with van der Waals surface area (Å²) in [6.07, 6.45) is 6.50. The summed E-state index contributed by atoms with van der Waals surface area (Å²) in [4.78, 5) is 0. The average Bonchev–Trinajstić information content (AvgIpc) is 3.01. The summed E-state index contributed by atoms with van der Waals surface area (Å²) in [5, 5.41) is 4.44. The molecule has 0 radical (unpaired) electrons. The normalized spacial score (nSPS) is 38.0. The molecule has 0 aromatic heterocycles. The van der Waals surface area contributed by atoms with Crippen LogP contribution in [0.1, 0.15) is 50.6 Å². The molecular formula is C17H22ClNO. The van der Waals surface area contributed by atoms with Crippen molar-refractivity contribution in [1.29, 1.82) is 0 Å². The summed E-state index contributed by atoms with van der Waals surface area (Å²) in [5.41, 5.74) is 1.34. The van der Waals surface area contributed by atoms with E-state index in [1.54, 1.807) is 0 Å². The van der Waals surface area contributed by atoms with Crippen LogP contribution in [0.4, 0.5) is 0 Å². The Balaban J connectivity index is 1.72. The van der Waals surface area contributed by atoms with Gasteiger partial charge in [-0.2, -0.15) is 0 Å². The molecule has 4 rings (SSSR count). The maximum Gasteiger partial charge on any atom is 0.125 e. The van der Waals surface area contributed by atoms with Crippen molar-refractivity contribution >= 4 is 11.6 Å². The van der Waals surface area contributed by atoms with E-state index in [1.807, 2.05) is 6.07 Å². The van der Waals surface area contributed by atoms with Crippen molar-refractivity contribution in [2.75, 3.05) is 6.54 Å². The highest BCUT2D eigenvalue weighted by Crippen LogP contribution is 2.58. The third kappa shape index (κ3) is 1.88. The number of fused-ring (bicyclic) bond motifs is 4. The molecule has 3 aliphatic rings. The Hall–Kier alpha value is -0.730. The first-order chi connectivity index (χ1) is 9.70. The monoisotopic (exact) mass is 291 g/mol. The van der Waals surface area contributed by atoms with E-state index in [-0.39, 0.29) is 5.60 Å². The third-order valence-electron chi connectivity index (χ3n) is 5.58. The SMILES string of the molecule is CCNC1CC2(CC3CCC2C3)Oc2ccc(Cl)cc21. The molecule has 1 aromatic carbocycles. The zero-order chi connectivity index (χ0) is 13.7. The molecule has 1 heterocycles. The standard InChI is InChI=1S/C17H22ClNO/c1-2-19-15-10-17(9-11-3-4-12(17)7-11)20-16-6-5-13(18)8-14(15)16/h5-6,8,11-12,15,19H,2-4,7,9-10H2,1H3. The molecule has 20 heavy (non-hydrogen) atoms. The van der Waals surface area contributed by atoms with Crippen LogP contribution < -0.4 is 10.1 Å². The van der Waals surface area contributed by atoms with E-state index >= 15 is 0 Å². The first-order valence-electron chi connectivity index (χ1n) is 7.92. The van der Waals surface area contributed by atoms with E-state index in [0.717, 1.165) is 35.6 Å². The summed E-state index contributed by atoms with van der Waals surface area (Å²) in [6, 6.07) is 6.48. The smallest absolute Gasteiger partial charge is 0.125 e. The Labute approximate surface area is 125 Å². The average molecular weight is 292 g/mol. The van der Waals surface area contributed by atoms with Crippen LogP contribution in [0.15, 0.2) is 18.2 Å². The van der Waals surface area contributed by atoms with Crippen LogP contribution in [0.5, 0.6) is 5.75 Å². The molecule has 1 spiro atoms. The second-order valence-corrected chi connectivity index (χ2v) is 7.18. The van der Waals surface area contributed by atoms with E-state index in [2.05, 4.69) is 24.4 Å². The third-order valence-corrected chi connectivity index (χ3v) is 5.82. The van der Waals surface area contributed by atoms with Gasteiger partial charge in [-0.05, 0) is 62.3 Å². The van der Waals surface area contributed by atoms with E-state index in [9.17, 15) is 0 Å². The van der Waals surface area contributed by atoms with Gasteiger partial charge in [0, 0.05) is 23.0 Å². The molecule has 2 fully saturated rings. The Morgan fingerprint density at radius 2 is 2.25 bits per heavy atom. The molecule has 4 atom stereocenters. The van der Waals surface area contributed by atoms with Crippen LogP contribution in [0, 0.1) is 11.8 Å². The van der Waals surface area contributed by atoms with Gasteiger partial charge in [0.1, 0.15) is 11.4 Å². The molecular weight excluding hydrogens is 270 g/mol. The largest absolute Gasteiger partial charge is 0.487 e. The van der Waals surface area contributed by atoms with Crippen molar-refractivity contribution in [3.05, 3.63) is 28.8 Å². The lowest BCUT2D eigenvalue weighted by molar-refractivity contribution is -0.0182. The van der Waals surface area contributed by atoms with Crippen LogP contribution in [0.3, 0.4) is 0 Å². The van der Waals surface area contributed by atoms with E-state index in [4.69, 9.17) is 16.3 Å². The topological polar surface area (TPSA) is 21.3 Å². The van der Waals surface area contributed by atoms with Gasteiger partial charge in [-0.3, -0.25) is 0 Å². The molecule has 0 amide bonds. The van der Waals surface area contributed by atoms with Gasteiger partial charge in [-0.15, -0.1) is 0 Å². The van der Waals surface area contributed by atoms with Crippen molar-refractivity contribution in [3.63, 3.8) is 0 Å². The summed E-state index contributed by atoms with van der Waals surface area (Å²) < 4.78 is 6.55. The Morgan fingerprint density at radius 1 is 1.35 bits per heavy atom. The van der Waals surface area contributed by atoms with Crippen LogP contribution >= 0.6 is 11.6 Å². The molecule has 2 nitrogen and oxygen atoms in total. The maximum atomic E-state index is 6.55. The van der Waals surface area contributed by atoms with Gasteiger partial charge >= 0.3 is 0 Å². The molecule has 2 saturated carbocycles. The molecule has 1 aromatic rings. The van der Waals surface area contributed by atoms with Crippen LogP contribution in [0.25, 0.3) is 0 Å². The lowest BCUT2D eigenvalue weighted by Crippen LogP contribution is -2.47. The van der Waals surface area contributed by atoms with Crippen molar-refractivity contribution in [2.45, 2.75) is 50.7 Å². The van der Waals surface area contributed by atoms with E-state index in [1.165, 1.54) is 31.2 Å². The fourth-order valence-corrected chi connectivity index (χ4v) is 4.98. The number of ether oxygens (including phenoxy) is 1. The summed E-state index contributed by atoms with van der Waals surface area (Å²) in [6.45, 7) is 3.16. The fourth-order valence-electron chi connectivity index (χ4n) is 4.80. The van der Waals surface area contributed by atoms with Crippen LogP contribution in [-0.4, -0.2) is 12.1 Å². The van der Waals surface area contributed by atoms with Gasteiger partial charge in [0.05, 0.1) is 0 Å². The first-order valence-corrected chi connectivity index (χ1v) is 8.30. The van der Waals surface area contributed by atoms with Gasteiger partial charge in [-0.25, -0.2) is 0 Å². The molecule has 3 heteroatoms. The zero-order valence-corrected chi connectivity index (χ0v) is 12.7. The highest BCUT2D eigenvalue weighted by Gasteiger charge is 2.55. The zero-order valence-electron chi connectivity index (χ0n) is 12.0. The number of nitrogens with one attached hydrogen (secondary N) is 1. The number of hydrogen-bond donors (Lipinski definition) is 1. The minimum absolute atomic E-state index is 0.0938. The van der Waals surface area contributed by atoms with Crippen LogP contribution in [0.2, 0.25) is 5.02 Å². The van der Waals surface area contributed by atoms with Gasteiger partial charge in [0.25, 0.3) is 0 Å². The minimum atomic E-state index is 0.0938. The second kappa shape index (κ2) is 4.64. The fraction of sp³-hybridized carbons (Fsp3) is 0.647. The molecule has 0 saturated heterocycles. The van der Waals surface area contributed by atoms with Gasteiger partial charge < -0.3 is 10.1 Å². The number of benzene rings is 1. The van der Waals surface area contributed by atoms with Crippen LogP contribution in [-0.2, 0) is 0 Å². The highest BCUT2D eigenvalue weighted by molar-refractivity contribution is 6.30. The Morgan fingerprint density at radius 3 is 2.95 bits per heavy atom. The Kier molecular flexibility index (Phi) is 3.01. The summed E-state index contributed by atoms with van der Waals surface area (Å²) in [7, 11) is 0. The highest BCUT2D eigenvalue weighted by atomic mass is 35.5. The van der Waals surface area contributed by atoms with Crippen molar-refractivity contribution in [1.82, 2.24) is 5.32 Å². The molecule has 4 unspecified atom stereocenters. The lowest BCUT2D eigenvalue weighted by Gasteiger charge is -2.45. The number of hydrogen-bond acceptors (Lipinski definition) is 2. The molecule has 1 aliphatic heterocycles. The van der Waals surface area contributed by atoms with Crippen molar-refractivity contribution in [2.24, 2.45) is 11.8 Å². The Bertz CT molecular complexity index is 532. The quantitative estimate of drug-likeness (QED) is 0.875. The molecule has 1 N–H and O–H groups in total. The lowest BCUT2D eigenvalue weighted by atomic mass is 9.76. The summed E-state index contributed by atoms with van der Waals surface area (Å²) >= 11 is 6.17. The van der Waals surface area contributed by atoms with Gasteiger partial charge in [0.15, 0.2) is 0 Å². The van der Waals surface area contributed by atoms with Gasteiger partial charge in [0.2, 0.25) is 0 Å².